The van der Waals surface area contributed by atoms with E-state index in [4.69, 9.17) is 0 Å². The minimum Gasteiger partial charge on any atom is -0.480 e. The fourth-order valence-corrected chi connectivity index (χ4v) is 3.63. The van der Waals surface area contributed by atoms with Crippen molar-refractivity contribution in [1.82, 2.24) is 10.2 Å². The van der Waals surface area contributed by atoms with E-state index in [2.05, 4.69) is 5.32 Å². The monoisotopic (exact) mass is 380 g/mol. The zero-order valence-electron chi connectivity index (χ0n) is 15.8. The van der Waals surface area contributed by atoms with E-state index in [1.54, 1.807) is 36.1 Å². The molecule has 1 heterocycles. The van der Waals surface area contributed by atoms with E-state index in [0.717, 1.165) is 5.56 Å². The summed E-state index contributed by atoms with van der Waals surface area (Å²) in [5, 5.41) is 12.2. The summed E-state index contributed by atoms with van der Waals surface area (Å²) in [6, 6.07) is 16.9. The third kappa shape index (κ3) is 4.06. The molecule has 1 aliphatic heterocycles. The van der Waals surface area contributed by atoms with Crippen LogP contribution in [0.3, 0.4) is 0 Å². The molecule has 1 aliphatic rings. The Hall–Kier alpha value is -3.15. The molecule has 0 aliphatic carbocycles. The second-order valence-corrected chi connectivity index (χ2v) is 7.25. The Bertz CT molecular complexity index is 853. The lowest BCUT2D eigenvalue weighted by atomic mass is 9.95. The van der Waals surface area contributed by atoms with Gasteiger partial charge in [-0.25, -0.2) is 4.79 Å². The van der Waals surface area contributed by atoms with Crippen LogP contribution in [-0.2, 0) is 16.0 Å². The van der Waals surface area contributed by atoms with Gasteiger partial charge in [-0.2, -0.15) is 0 Å². The fraction of sp³-hybridized carbons (Fsp3) is 0.318. The minimum atomic E-state index is -1.10. The number of carbonyl (C=O) groups is 3. The molecule has 2 aromatic rings. The third-order valence-corrected chi connectivity index (χ3v) is 5.28. The number of carboxylic acids is 1. The zero-order valence-corrected chi connectivity index (χ0v) is 15.8. The van der Waals surface area contributed by atoms with Crippen LogP contribution in [0.15, 0.2) is 60.7 Å². The number of nitrogens with one attached hydrogen (secondary N) is 1. The largest absolute Gasteiger partial charge is 0.480 e. The lowest BCUT2D eigenvalue weighted by Gasteiger charge is -2.35. The van der Waals surface area contributed by atoms with Gasteiger partial charge in [0.1, 0.15) is 11.6 Å². The average Bonchev–Trinajstić information content (AvgIpc) is 3.11. The quantitative estimate of drug-likeness (QED) is 0.806. The Morgan fingerprint density at radius 2 is 1.68 bits per heavy atom. The predicted octanol–water partition coefficient (Wildman–Crippen LogP) is 2.49. The van der Waals surface area contributed by atoms with E-state index in [-0.39, 0.29) is 12.3 Å². The number of amides is 2. The summed E-state index contributed by atoms with van der Waals surface area (Å²) >= 11 is 0. The highest BCUT2D eigenvalue weighted by Gasteiger charge is 2.46. The maximum Gasteiger partial charge on any atom is 0.326 e. The van der Waals surface area contributed by atoms with Crippen molar-refractivity contribution in [3.63, 3.8) is 0 Å². The lowest BCUT2D eigenvalue weighted by Crippen LogP contribution is -2.58. The molecule has 0 aromatic heterocycles. The predicted molar refractivity (Wildman–Crippen MR) is 105 cm³/mol. The molecule has 2 amide bonds. The second-order valence-electron chi connectivity index (χ2n) is 7.25. The molecule has 1 saturated heterocycles. The Morgan fingerprint density at radius 1 is 1.07 bits per heavy atom. The van der Waals surface area contributed by atoms with E-state index in [9.17, 15) is 19.5 Å². The number of rotatable bonds is 6. The Kier molecular flexibility index (Phi) is 5.78. The SMILES string of the molecule is CC1(C(=O)NC(Cc2ccccc2)C(=O)O)CCCN1C(=O)c1ccccc1. The summed E-state index contributed by atoms with van der Waals surface area (Å²) in [5.74, 6) is -1.75. The Labute approximate surface area is 164 Å². The summed E-state index contributed by atoms with van der Waals surface area (Å²) < 4.78 is 0. The molecule has 0 bridgehead atoms. The molecular weight excluding hydrogens is 356 g/mol. The summed E-state index contributed by atoms with van der Waals surface area (Å²) in [6.45, 7) is 2.17. The normalized spacial score (nSPS) is 19.8. The summed E-state index contributed by atoms with van der Waals surface area (Å²) in [4.78, 5) is 39.2. The smallest absolute Gasteiger partial charge is 0.326 e. The average molecular weight is 380 g/mol. The van der Waals surface area contributed by atoms with Gasteiger partial charge >= 0.3 is 5.97 Å². The van der Waals surface area contributed by atoms with Gasteiger partial charge in [0, 0.05) is 18.5 Å². The molecule has 0 spiro atoms. The zero-order chi connectivity index (χ0) is 20.1. The molecule has 0 saturated carbocycles. The highest BCUT2D eigenvalue weighted by molar-refractivity contribution is 6.00. The summed E-state index contributed by atoms with van der Waals surface area (Å²) in [6.07, 6.45) is 1.37. The topological polar surface area (TPSA) is 86.7 Å². The van der Waals surface area contributed by atoms with Gasteiger partial charge in [0.05, 0.1) is 0 Å². The van der Waals surface area contributed by atoms with E-state index in [1.165, 1.54) is 0 Å². The third-order valence-electron chi connectivity index (χ3n) is 5.28. The number of hydrogen-bond acceptors (Lipinski definition) is 3. The summed E-state index contributed by atoms with van der Waals surface area (Å²) in [5.41, 5.74) is 0.267. The highest BCUT2D eigenvalue weighted by Crippen LogP contribution is 2.31. The molecule has 1 fully saturated rings. The number of nitrogens with zero attached hydrogens (tertiary/aromatic N) is 1. The fourth-order valence-electron chi connectivity index (χ4n) is 3.63. The van der Waals surface area contributed by atoms with Gasteiger partial charge in [-0.3, -0.25) is 9.59 Å². The first-order valence-electron chi connectivity index (χ1n) is 9.36. The van der Waals surface area contributed by atoms with Gasteiger partial charge in [0.25, 0.3) is 5.91 Å². The van der Waals surface area contributed by atoms with Crippen LogP contribution in [0.5, 0.6) is 0 Å². The van der Waals surface area contributed by atoms with Crippen molar-refractivity contribution >= 4 is 17.8 Å². The van der Waals surface area contributed by atoms with Gasteiger partial charge in [-0.05, 0) is 37.5 Å². The van der Waals surface area contributed by atoms with Crippen molar-refractivity contribution in [3.05, 3.63) is 71.8 Å². The first-order valence-corrected chi connectivity index (χ1v) is 9.36. The molecule has 2 aromatic carbocycles. The highest BCUT2D eigenvalue weighted by atomic mass is 16.4. The molecule has 28 heavy (non-hydrogen) atoms. The molecule has 2 N–H and O–H groups in total. The minimum absolute atomic E-state index is 0.185. The standard InChI is InChI=1S/C22H24N2O4/c1-22(13-8-14-24(22)19(25)17-11-6-3-7-12-17)21(28)23-18(20(26)27)15-16-9-4-2-5-10-16/h2-7,9-12,18H,8,13-15H2,1H3,(H,23,28)(H,26,27). The Morgan fingerprint density at radius 3 is 2.29 bits per heavy atom. The Balaban J connectivity index is 1.77. The molecule has 6 heteroatoms. The van der Waals surface area contributed by atoms with Crippen LogP contribution >= 0.6 is 0 Å². The molecule has 6 nitrogen and oxygen atoms in total. The van der Waals surface area contributed by atoms with Gasteiger partial charge in [0.15, 0.2) is 0 Å². The van der Waals surface area contributed by atoms with Crippen LogP contribution < -0.4 is 5.32 Å². The molecule has 3 rings (SSSR count). The van der Waals surface area contributed by atoms with Crippen molar-refractivity contribution in [3.8, 4) is 0 Å². The van der Waals surface area contributed by atoms with Crippen molar-refractivity contribution < 1.29 is 19.5 Å². The van der Waals surface area contributed by atoms with E-state index in [1.807, 2.05) is 36.4 Å². The first kappa shape index (κ1) is 19.6. The molecular formula is C22H24N2O4. The van der Waals surface area contributed by atoms with Crippen LogP contribution in [0.25, 0.3) is 0 Å². The maximum absolute atomic E-state index is 13.0. The molecule has 146 valence electrons. The van der Waals surface area contributed by atoms with E-state index < -0.39 is 23.5 Å². The van der Waals surface area contributed by atoms with Crippen molar-refractivity contribution in [2.24, 2.45) is 0 Å². The molecule has 0 radical (unpaired) electrons. The van der Waals surface area contributed by atoms with Crippen LogP contribution in [-0.4, -0.2) is 45.9 Å². The number of hydrogen-bond donors (Lipinski definition) is 2. The number of likely N-dealkylation sites (tertiary alicyclic amines) is 1. The van der Waals surface area contributed by atoms with Gasteiger partial charge < -0.3 is 15.3 Å². The number of carbonyl (C=O) groups excluding carboxylic acids is 2. The van der Waals surface area contributed by atoms with E-state index in [0.29, 0.717) is 24.9 Å². The van der Waals surface area contributed by atoms with Gasteiger partial charge in [-0.15, -0.1) is 0 Å². The van der Waals surface area contributed by atoms with Gasteiger partial charge in [0.2, 0.25) is 5.91 Å². The number of benzene rings is 2. The van der Waals surface area contributed by atoms with Crippen molar-refractivity contribution in [1.29, 1.82) is 0 Å². The van der Waals surface area contributed by atoms with Gasteiger partial charge in [-0.1, -0.05) is 48.5 Å². The number of carboxylic acid groups (broad SMARTS) is 1. The van der Waals surface area contributed by atoms with Crippen molar-refractivity contribution in [2.75, 3.05) is 6.54 Å². The van der Waals surface area contributed by atoms with Crippen LogP contribution in [0, 0.1) is 0 Å². The van der Waals surface area contributed by atoms with E-state index >= 15 is 0 Å². The summed E-state index contributed by atoms with van der Waals surface area (Å²) in [7, 11) is 0. The number of aliphatic carboxylic acids is 1. The molecule has 2 atom stereocenters. The van der Waals surface area contributed by atoms with Crippen LogP contribution in [0.1, 0.15) is 35.7 Å². The lowest BCUT2D eigenvalue weighted by molar-refractivity contribution is -0.143. The first-order chi connectivity index (χ1) is 13.4. The maximum atomic E-state index is 13.0. The van der Waals surface area contributed by atoms with Crippen LogP contribution in [0.4, 0.5) is 0 Å². The second kappa shape index (κ2) is 8.25. The van der Waals surface area contributed by atoms with Crippen molar-refractivity contribution in [2.45, 2.75) is 37.8 Å². The molecule has 2 unspecified atom stereocenters. The van der Waals surface area contributed by atoms with Crippen LogP contribution in [0.2, 0.25) is 0 Å².